The van der Waals surface area contributed by atoms with Gasteiger partial charge in [0.15, 0.2) is 5.65 Å². The number of halogens is 1. The Balaban J connectivity index is 1.85. The van der Waals surface area contributed by atoms with Crippen LogP contribution in [0.1, 0.15) is 25.2 Å². The predicted octanol–water partition coefficient (Wildman–Crippen LogP) is 3.45. The van der Waals surface area contributed by atoms with Crippen molar-refractivity contribution in [1.82, 2.24) is 19.5 Å². The van der Waals surface area contributed by atoms with Gasteiger partial charge < -0.3 is 4.74 Å². The van der Waals surface area contributed by atoms with Crippen molar-refractivity contribution in [3.8, 4) is 0 Å². The summed E-state index contributed by atoms with van der Waals surface area (Å²) >= 11 is 6.28. The topological polar surface area (TPSA) is 42.7 Å². The van der Waals surface area contributed by atoms with Crippen molar-refractivity contribution in [2.45, 2.75) is 26.2 Å². The number of rotatable bonds is 3. The molecule has 6 heteroatoms. The van der Waals surface area contributed by atoms with Crippen LogP contribution in [0.2, 0.25) is 5.02 Å². The van der Waals surface area contributed by atoms with Gasteiger partial charge >= 0.3 is 0 Å². The second kappa shape index (κ2) is 6.24. The van der Waals surface area contributed by atoms with E-state index in [1.807, 2.05) is 12.1 Å². The van der Waals surface area contributed by atoms with Gasteiger partial charge in [-0.3, -0.25) is 9.30 Å². The number of hydrogen-bond acceptors (Lipinski definition) is 4. The lowest BCUT2D eigenvalue weighted by molar-refractivity contribution is 0.0288. The largest absolute Gasteiger partial charge is 0.379 e. The summed E-state index contributed by atoms with van der Waals surface area (Å²) in [5.74, 6) is 0.973. The Morgan fingerprint density at radius 1 is 1.16 bits per heavy atom. The highest BCUT2D eigenvalue weighted by molar-refractivity contribution is 6.31. The first-order valence-electron chi connectivity index (χ1n) is 8.70. The van der Waals surface area contributed by atoms with Crippen LogP contribution in [0.25, 0.3) is 16.6 Å². The fourth-order valence-corrected chi connectivity index (χ4v) is 3.92. The summed E-state index contributed by atoms with van der Waals surface area (Å²) in [6.45, 7) is 11.0. The molecule has 0 atom stereocenters. The fraction of sp³-hybridized carbons (Fsp3) is 0.474. The Hall–Kier alpha value is -1.69. The smallest absolute Gasteiger partial charge is 0.161 e. The molecule has 4 rings (SSSR count). The van der Waals surface area contributed by atoms with Gasteiger partial charge in [0.05, 0.1) is 18.7 Å². The molecule has 0 N–H and O–H groups in total. The molecule has 0 aliphatic carbocycles. The molecule has 0 spiro atoms. The number of ether oxygens (including phenoxy) is 1. The van der Waals surface area contributed by atoms with E-state index in [0.717, 1.165) is 54.9 Å². The number of fused-ring (bicyclic) bond motifs is 3. The molecule has 2 aromatic heterocycles. The molecule has 1 saturated heterocycles. The van der Waals surface area contributed by atoms with Crippen LogP contribution in [0.5, 0.6) is 0 Å². The maximum atomic E-state index is 6.28. The van der Waals surface area contributed by atoms with Crippen LogP contribution in [0.3, 0.4) is 0 Å². The molecule has 5 nitrogen and oxygen atoms in total. The van der Waals surface area contributed by atoms with Crippen molar-refractivity contribution in [2.75, 3.05) is 32.8 Å². The lowest BCUT2D eigenvalue weighted by Gasteiger charge is -2.34. The average Bonchev–Trinajstić information content (AvgIpc) is 3.00. The Morgan fingerprint density at radius 2 is 1.92 bits per heavy atom. The number of aromatic nitrogens is 3. The summed E-state index contributed by atoms with van der Waals surface area (Å²) in [5, 5.41) is 10.9. The lowest BCUT2D eigenvalue weighted by atomic mass is 9.91. The van der Waals surface area contributed by atoms with Gasteiger partial charge in [0.1, 0.15) is 5.82 Å². The van der Waals surface area contributed by atoms with Crippen molar-refractivity contribution >= 4 is 28.2 Å². The molecule has 1 aliphatic rings. The minimum Gasteiger partial charge on any atom is -0.379 e. The maximum Gasteiger partial charge on any atom is 0.161 e. The summed E-state index contributed by atoms with van der Waals surface area (Å²) in [6.07, 6.45) is 0. The van der Waals surface area contributed by atoms with Gasteiger partial charge in [-0.1, -0.05) is 31.5 Å². The first kappa shape index (κ1) is 16.8. The lowest BCUT2D eigenvalue weighted by Crippen LogP contribution is -2.44. The van der Waals surface area contributed by atoms with Crippen molar-refractivity contribution < 1.29 is 4.74 Å². The first-order valence-corrected chi connectivity index (χ1v) is 9.08. The van der Waals surface area contributed by atoms with E-state index in [2.05, 4.69) is 52.4 Å². The van der Waals surface area contributed by atoms with Crippen molar-refractivity contribution in [3.63, 3.8) is 0 Å². The third kappa shape index (κ3) is 3.01. The summed E-state index contributed by atoms with van der Waals surface area (Å²) in [7, 11) is 0. The van der Waals surface area contributed by atoms with Gasteiger partial charge in [0.2, 0.25) is 0 Å². The molecule has 1 fully saturated rings. The van der Waals surface area contributed by atoms with Crippen molar-refractivity contribution in [1.29, 1.82) is 0 Å². The van der Waals surface area contributed by atoms with Crippen LogP contribution >= 0.6 is 11.6 Å². The van der Waals surface area contributed by atoms with E-state index in [1.54, 1.807) is 0 Å². The van der Waals surface area contributed by atoms with Gasteiger partial charge in [0.25, 0.3) is 0 Å². The molecule has 0 radical (unpaired) electrons. The quantitative estimate of drug-likeness (QED) is 0.719. The van der Waals surface area contributed by atoms with Crippen molar-refractivity contribution in [2.24, 2.45) is 0 Å². The van der Waals surface area contributed by atoms with Gasteiger partial charge in [-0.15, -0.1) is 10.2 Å². The van der Waals surface area contributed by atoms with E-state index in [-0.39, 0.29) is 5.41 Å². The third-order valence-electron chi connectivity index (χ3n) is 4.99. The second-order valence-corrected chi connectivity index (χ2v) is 7.91. The van der Waals surface area contributed by atoms with Crippen LogP contribution in [0.15, 0.2) is 24.3 Å². The van der Waals surface area contributed by atoms with E-state index in [9.17, 15) is 0 Å². The van der Waals surface area contributed by atoms with Gasteiger partial charge in [-0.05, 0) is 30.7 Å². The molecule has 3 aromatic rings. The van der Waals surface area contributed by atoms with E-state index in [0.29, 0.717) is 0 Å². The predicted molar refractivity (Wildman–Crippen MR) is 101 cm³/mol. The molecule has 25 heavy (non-hydrogen) atoms. The highest BCUT2D eigenvalue weighted by Gasteiger charge is 2.30. The third-order valence-corrected chi connectivity index (χ3v) is 5.22. The fourth-order valence-electron chi connectivity index (χ4n) is 3.75. The monoisotopic (exact) mass is 358 g/mol. The standard InChI is InChI=1S/C19H23ClN4O/c1-13-10-17-21-22-18(19(2,3)12-23-6-8-25-9-7-23)24(17)16-11-14(20)4-5-15(13)16/h4-5,10-11H,6-9,12H2,1-3H3. The zero-order valence-corrected chi connectivity index (χ0v) is 15.7. The average molecular weight is 359 g/mol. The zero-order valence-electron chi connectivity index (χ0n) is 14.9. The number of morpholine rings is 1. The molecule has 132 valence electrons. The number of aryl methyl sites for hydroxylation is 1. The zero-order chi connectivity index (χ0) is 17.6. The minimum atomic E-state index is -0.138. The van der Waals surface area contributed by atoms with Gasteiger partial charge in [-0.2, -0.15) is 0 Å². The Bertz CT molecular complexity index is 928. The number of pyridine rings is 1. The summed E-state index contributed by atoms with van der Waals surface area (Å²) < 4.78 is 7.63. The highest BCUT2D eigenvalue weighted by atomic mass is 35.5. The number of hydrogen-bond donors (Lipinski definition) is 0. The van der Waals surface area contributed by atoms with Crippen LogP contribution < -0.4 is 0 Å². The van der Waals surface area contributed by atoms with Gasteiger partial charge in [0, 0.05) is 35.5 Å². The molecule has 3 heterocycles. The van der Waals surface area contributed by atoms with Crippen LogP contribution in [-0.2, 0) is 10.2 Å². The summed E-state index contributed by atoms with van der Waals surface area (Å²) in [5.41, 5.74) is 2.99. The van der Waals surface area contributed by atoms with Crippen LogP contribution in [-0.4, -0.2) is 52.3 Å². The molecular formula is C19H23ClN4O. The Labute approximate surface area is 152 Å². The summed E-state index contributed by atoms with van der Waals surface area (Å²) in [4.78, 5) is 2.44. The molecule has 0 amide bonds. The van der Waals surface area contributed by atoms with E-state index in [4.69, 9.17) is 16.3 Å². The van der Waals surface area contributed by atoms with Crippen molar-refractivity contribution in [3.05, 3.63) is 40.7 Å². The first-order chi connectivity index (χ1) is 12.0. The maximum absolute atomic E-state index is 6.28. The normalized spacial score (nSPS) is 16.8. The van der Waals surface area contributed by atoms with E-state index >= 15 is 0 Å². The minimum absolute atomic E-state index is 0.138. The Morgan fingerprint density at radius 3 is 2.68 bits per heavy atom. The molecule has 0 unspecified atom stereocenters. The number of nitrogens with zero attached hydrogens (tertiary/aromatic N) is 4. The summed E-state index contributed by atoms with van der Waals surface area (Å²) in [6, 6.07) is 8.11. The molecule has 0 bridgehead atoms. The SMILES string of the molecule is Cc1cc2nnc(C(C)(C)CN3CCOCC3)n2c2cc(Cl)ccc12. The molecule has 1 aromatic carbocycles. The molecule has 1 aliphatic heterocycles. The van der Waals surface area contributed by atoms with E-state index in [1.165, 1.54) is 10.9 Å². The van der Waals surface area contributed by atoms with Crippen LogP contribution in [0.4, 0.5) is 0 Å². The molecular weight excluding hydrogens is 336 g/mol. The molecule has 0 saturated carbocycles. The Kier molecular flexibility index (Phi) is 4.18. The van der Waals surface area contributed by atoms with Gasteiger partial charge in [-0.25, -0.2) is 0 Å². The number of benzene rings is 1. The van der Waals surface area contributed by atoms with E-state index < -0.39 is 0 Å². The highest BCUT2D eigenvalue weighted by Crippen LogP contribution is 2.30. The second-order valence-electron chi connectivity index (χ2n) is 7.48. The van der Waals surface area contributed by atoms with Crippen LogP contribution in [0, 0.1) is 6.92 Å².